The third-order valence-electron chi connectivity index (χ3n) is 2.95. The van der Waals surface area contributed by atoms with Crippen LogP contribution in [0, 0.1) is 0 Å². The average molecular weight is 397 g/mol. The van der Waals surface area contributed by atoms with E-state index in [1.165, 1.54) is 24.3 Å². The third-order valence-corrected chi connectivity index (χ3v) is 4.77. The minimum absolute atomic E-state index is 0.117. The predicted molar refractivity (Wildman–Crippen MR) is 88.6 cm³/mol. The zero-order valence-electron chi connectivity index (χ0n) is 12.0. The third kappa shape index (κ3) is 4.40. The lowest BCUT2D eigenvalue weighted by Gasteiger charge is -2.08. The molecule has 6 nitrogen and oxygen atoms in total. The van der Waals surface area contributed by atoms with Gasteiger partial charge < -0.3 is 0 Å². The first-order chi connectivity index (χ1) is 10.8. The topological polar surface area (TPSA) is 92.3 Å². The summed E-state index contributed by atoms with van der Waals surface area (Å²) < 4.78 is 23.3. The standard InChI is InChI=1S/C15H13BrN2O4S/c1-23(21,22)11-8-6-10(7-9-11)14(19)17-18-15(20)12-4-2-3-5-13(12)16/h2-9H,1H3,(H,17,19)(H,18,20). The first-order valence-electron chi connectivity index (χ1n) is 6.44. The van der Waals surface area contributed by atoms with Gasteiger partial charge in [0, 0.05) is 16.3 Å². The average Bonchev–Trinajstić information content (AvgIpc) is 2.52. The fourth-order valence-corrected chi connectivity index (χ4v) is 2.85. The van der Waals surface area contributed by atoms with Crippen molar-refractivity contribution in [2.45, 2.75) is 4.90 Å². The molecular formula is C15H13BrN2O4S. The van der Waals surface area contributed by atoms with Gasteiger partial charge in [0.2, 0.25) is 0 Å². The Hall–Kier alpha value is -2.19. The van der Waals surface area contributed by atoms with Gasteiger partial charge in [-0.3, -0.25) is 20.4 Å². The molecule has 0 saturated carbocycles. The van der Waals surface area contributed by atoms with Crippen molar-refractivity contribution in [3.63, 3.8) is 0 Å². The van der Waals surface area contributed by atoms with E-state index in [2.05, 4.69) is 26.8 Å². The summed E-state index contributed by atoms with van der Waals surface area (Å²) in [6.07, 6.45) is 1.08. The van der Waals surface area contributed by atoms with Crippen molar-refractivity contribution in [2.24, 2.45) is 0 Å². The van der Waals surface area contributed by atoms with Gasteiger partial charge in [-0.1, -0.05) is 12.1 Å². The lowest BCUT2D eigenvalue weighted by Crippen LogP contribution is -2.41. The Labute approximate surface area is 141 Å². The molecule has 0 saturated heterocycles. The molecule has 2 amide bonds. The molecule has 23 heavy (non-hydrogen) atoms. The van der Waals surface area contributed by atoms with Crippen LogP contribution in [0.3, 0.4) is 0 Å². The summed E-state index contributed by atoms with van der Waals surface area (Å²) in [5, 5.41) is 0. The Balaban J connectivity index is 2.03. The molecule has 2 rings (SSSR count). The van der Waals surface area contributed by atoms with Gasteiger partial charge in [-0.25, -0.2) is 8.42 Å². The van der Waals surface area contributed by atoms with E-state index in [9.17, 15) is 18.0 Å². The monoisotopic (exact) mass is 396 g/mol. The van der Waals surface area contributed by atoms with Gasteiger partial charge in [-0.05, 0) is 52.3 Å². The molecule has 0 spiro atoms. The van der Waals surface area contributed by atoms with Crippen LogP contribution in [0.25, 0.3) is 0 Å². The summed E-state index contributed by atoms with van der Waals surface area (Å²) in [5.74, 6) is -1.02. The molecule has 8 heteroatoms. The molecule has 0 aliphatic rings. The molecule has 2 N–H and O–H groups in total. The Bertz CT molecular complexity index is 848. The fraction of sp³-hybridized carbons (Fsp3) is 0.0667. The van der Waals surface area contributed by atoms with Crippen LogP contribution in [0.4, 0.5) is 0 Å². The second kappa shape index (κ2) is 6.93. The van der Waals surface area contributed by atoms with Crippen molar-refractivity contribution in [1.29, 1.82) is 0 Å². The number of sulfone groups is 1. The normalized spacial score (nSPS) is 10.9. The molecule has 0 aromatic heterocycles. The zero-order chi connectivity index (χ0) is 17.0. The Morgan fingerprint density at radius 2 is 1.48 bits per heavy atom. The predicted octanol–water partition coefficient (Wildman–Crippen LogP) is 1.93. The molecule has 0 bridgehead atoms. The molecule has 0 aliphatic carbocycles. The molecule has 2 aromatic rings. The molecule has 0 unspecified atom stereocenters. The highest BCUT2D eigenvalue weighted by molar-refractivity contribution is 9.10. The van der Waals surface area contributed by atoms with Crippen LogP contribution in [-0.2, 0) is 9.84 Å². The highest BCUT2D eigenvalue weighted by Gasteiger charge is 2.12. The summed E-state index contributed by atoms with van der Waals surface area (Å²) in [4.78, 5) is 24.0. The number of hydrazine groups is 1. The van der Waals surface area contributed by atoms with Crippen molar-refractivity contribution in [3.05, 3.63) is 64.1 Å². The molecule has 0 heterocycles. The number of hydrogen-bond donors (Lipinski definition) is 2. The number of amides is 2. The van der Waals surface area contributed by atoms with Gasteiger partial charge in [-0.15, -0.1) is 0 Å². The number of rotatable bonds is 3. The minimum atomic E-state index is -3.32. The van der Waals surface area contributed by atoms with E-state index in [1.54, 1.807) is 24.3 Å². The zero-order valence-corrected chi connectivity index (χ0v) is 14.4. The molecule has 0 atom stereocenters. The van der Waals surface area contributed by atoms with Crippen LogP contribution in [0.5, 0.6) is 0 Å². The summed E-state index contributed by atoms with van der Waals surface area (Å²) >= 11 is 3.24. The van der Waals surface area contributed by atoms with Crippen LogP contribution in [0.15, 0.2) is 57.9 Å². The van der Waals surface area contributed by atoms with E-state index in [0.29, 0.717) is 10.0 Å². The molecule has 2 aromatic carbocycles. The number of benzene rings is 2. The summed E-state index contributed by atoms with van der Waals surface area (Å²) in [7, 11) is -3.32. The Morgan fingerprint density at radius 3 is 2.04 bits per heavy atom. The first-order valence-corrected chi connectivity index (χ1v) is 9.13. The maximum Gasteiger partial charge on any atom is 0.270 e. The van der Waals surface area contributed by atoms with E-state index in [4.69, 9.17) is 0 Å². The van der Waals surface area contributed by atoms with Crippen molar-refractivity contribution in [3.8, 4) is 0 Å². The SMILES string of the molecule is CS(=O)(=O)c1ccc(C(=O)NNC(=O)c2ccccc2Br)cc1. The van der Waals surface area contributed by atoms with Crippen LogP contribution in [-0.4, -0.2) is 26.5 Å². The largest absolute Gasteiger partial charge is 0.270 e. The van der Waals surface area contributed by atoms with E-state index >= 15 is 0 Å². The van der Waals surface area contributed by atoms with Crippen LogP contribution in [0.2, 0.25) is 0 Å². The van der Waals surface area contributed by atoms with Crippen LogP contribution >= 0.6 is 15.9 Å². The van der Waals surface area contributed by atoms with Gasteiger partial charge >= 0.3 is 0 Å². The van der Waals surface area contributed by atoms with Gasteiger partial charge in [-0.2, -0.15) is 0 Å². The number of nitrogens with one attached hydrogen (secondary N) is 2. The van der Waals surface area contributed by atoms with Crippen molar-refractivity contribution >= 4 is 37.6 Å². The first kappa shape index (κ1) is 17.2. The maximum absolute atomic E-state index is 12.0. The summed E-state index contributed by atoms with van der Waals surface area (Å²) in [6, 6.07) is 12.2. The van der Waals surface area contributed by atoms with Crippen molar-refractivity contribution < 1.29 is 18.0 Å². The lowest BCUT2D eigenvalue weighted by atomic mass is 10.2. The Kier molecular flexibility index (Phi) is 5.17. The number of carbonyl (C=O) groups excluding carboxylic acids is 2. The number of carbonyl (C=O) groups is 2. The van der Waals surface area contributed by atoms with E-state index in [0.717, 1.165) is 6.26 Å². The molecule has 120 valence electrons. The van der Waals surface area contributed by atoms with Gasteiger partial charge in [0.15, 0.2) is 9.84 Å². The van der Waals surface area contributed by atoms with E-state index < -0.39 is 21.7 Å². The molecule has 0 aliphatic heterocycles. The Morgan fingerprint density at radius 1 is 0.913 bits per heavy atom. The summed E-state index contributed by atoms with van der Waals surface area (Å²) in [5.41, 5.74) is 5.17. The highest BCUT2D eigenvalue weighted by Crippen LogP contribution is 2.15. The summed E-state index contributed by atoms with van der Waals surface area (Å²) in [6.45, 7) is 0. The lowest BCUT2D eigenvalue weighted by molar-refractivity contribution is 0.0846. The van der Waals surface area contributed by atoms with Gasteiger partial charge in [0.05, 0.1) is 10.5 Å². The smallest absolute Gasteiger partial charge is 0.267 e. The minimum Gasteiger partial charge on any atom is -0.267 e. The number of halogens is 1. The van der Waals surface area contributed by atoms with Crippen LogP contribution < -0.4 is 10.9 Å². The van der Waals surface area contributed by atoms with Crippen molar-refractivity contribution in [2.75, 3.05) is 6.26 Å². The van der Waals surface area contributed by atoms with Gasteiger partial charge in [0.25, 0.3) is 11.8 Å². The van der Waals surface area contributed by atoms with Crippen LogP contribution in [0.1, 0.15) is 20.7 Å². The number of hydrogen-bond acceptors (Lipinski definition) is 4. The maximum atomic E-state index is 12.0. The second-order valence-corrected chi connectivity index (χ2v) is 7.55. The molecule has 0 fully saturated rings. The highest BCUT2D eigenvalue weighted by atomic mass is 79.9. The molecule has 0 radical (unpaired) electrons. The quantitative estimate of drug-likeness (QED) is 0.775. The van der Waals surface area contributed by atoms with Crippen molar-refractivity contribution in [1.82, 2.24) is 10.9 Å². The van der Waals surface area contributed by atoms with E-state index in [-0.39, 0.29) is 10.5 Å². The molecular weight excluding hydrogens is 384 g/mol. The fourth-order valence-electron chi connectivity index (χ4n) is 1.75. The second-order valence-electron chi connectivity index (χ2n) is 4.68. The van der Waals surface area contributed by atoms with Gasteiger partial charge in [0.1, 0.15) is 0 Å². The van der Waals surface area contributed by atoms with E-state index in [1.807, 2.05) is 0 Å².